The Balaban J connectivity index is 0.000000472. The Kier molecular flexibility index (Phi) is 6.73. The van der Waals surface area contributed by atoms with E-state index in [9.17, 15) is 27.9 Å². The smallest absolute Gasteiger partial charge is 0.339 e. The van der Waals surface area contributed by atoms with E-state index in [1.807, 2.05) is 0 Å². The number of phenols is 1. The van der Waals surface area contributed by atoms with E-state index >= 15 is 0 Å². The number of rotatable bonds is 4. The highest BCUT2D eigenvalue weighted by Gasteiger charge is 2.20. The molecule has 0 aliphatic heterocycles. The number of benzene rings is 1. The van der Waals surface area contributed by atoms with Crippen molar-refractivity contribution in [1.29, 1.82) is 0 Å². The fourth-order valence-electron chi connectivity index (χ4n) is 1.05. The molecular weight excluding hydrogens is 324 g/mol. The van der Waals surface area contributed by atoms with Gasteiger partial charge in [0, 0.05) is 12.2 Å². The topological polar surface area (TPSA) is 186 Å². The number of hydrogen-bond acceptors (Lipinski definition) is 6. The summed E-state index contributed by atoms with van der Waals surface area (Å²) in [7, 11) is -4.60. The van der Waals surface area contributed by atoms with Crippen molar-refractivity contribution >= 4 is 28.0 Å². The van der Waals surface area contributed by atoms with Crippen molar-refractivity contribution < 1.29 is 47.8 Å². The number of carboxylic acid groups (broad SMARTS) is 3. The third kappa shape index (κ3) is 6.49. The van der Waals surface area contributed by atoms with Crippen LogP contribution in [-0.2, 0) is 19.7 Å². The average Bonchev–Trinajstić information content (AvgIpc) is 2.35. The summed E-state index contributed by atoms with van der Waals surface area (Å²) in [5.74, 6) is -4.96. The monoisotopic (exact) mass is 334 g/mol. The van der Waals surface area contributed by atoms with Crippen molar-refractivity contribution in [3.63, 3.8) is 0 Å². The number of aliphatic carboxylic acids is 2. The van der Waals surface area contributed by atoms with E-state index in [-0.39, 0.29) is 0 Å². The molecule has 1 aromatic rings. The van der Waals surface area contributed by atoms with Crippen molar-refractivity contribution in [3.8, 4) is 5.75 Å². The Hall–Kier alpha value is -2.92. The molecule has 22 heavy (non-hydrogen) atoms. The molecule has 0 amide bonds. The van der Waals surface area contributed by atoms with Gasteiger partial charge in [0.25, 0.3) is 10.1 Å². The molecule has 0 spiro atoms. The molecule has 1 rings (SSSR count). The highest BCUT2D eigenvalue weighted by molar-refractivity contribution is 7.86. The zero-order valence-electron chi connectivity index (χ0n) is 10.6. The molecule has 10 nitrogen and oxygen atoms in total. The van der Waals surface area contributed by atoms with Crippen LogP contribution in [0.25, 0.3) is 0 Å². The third-order valence-electron chi connectivity index (χ3n) is 1.88. The average molecular weight is 334 g/mol. The van der Waals surface area contributed by atoms with Crippen LogP contribution in [0.2, 0.25) is 0 Å². The van der Waals surface area contributed by atoms with Crippen LogP contribution >= 0.6 is 0 Å². The molecular formula is C11H10O10S. The van der Waals surface area contributed by atoms with E-state index in [1.165, 1.54) is 0 Å². The third-order valence-corrected chi connectivity index (χ3v) is 2.76. The van der Waals surface area contributed by atoms with Gasteiger partial charge in [-0.3, -0.25) is 4.55 Å². The zero-order chi connectivity index (χ0) is 17.5. The summed E-state index contributed by atoms with van der Waals surface area (Å²) in [5, 5.41) is 33.3. The van der Waals surface area contributed by atoms with Crippen LogP contribution < -0.4 is 0 Å². The van der Waals surface area contributed by atoms with E-state index in [1.54, 1.807) is 0 Å². The first-order chi connectivity index (χ1) is 9.96. The minimum atomic E-state index is -4.60. The lowest BCUT2D eigenvalue weighted by Gasteiger charge is -2.03. The van der Waals surface area contributed by atoms with Crippen LogP contribution in [0.5, 0.6) is 5.75 Å². The second-order valence-electron chi connectivity index (χ2n) is 3.44. The fourth-order valence-corrected chi connectivity index (χ4v) is 1.65. The SMILES string of the molecule is O=C(O)/C=C\C(=O)O.O=C(O)c1cccc(S(=O)(=O)O)c1O. The molecule has 120 valence electrons. The zero-order valence-corrected chi connectivity index (χ0v) is 11.4. The maximum absolute atomic E-state index is 10.6. The molecule has 1 aromatic carbocycles. The summed E-state index contributed by atoms with van der Waals surface area (Å²) in [6.07, 6.45) is 1.12. The Bertz CT molecular complexity index is 700. The summed E-state index contributed by atoms with van der Waals surface area (Å²) in [6, 6.07) is 3.02. The second-order valence-corrected chi connectivity index (χ2v) is 4.83. The molecule has 0 aliphatic carbocycles. The van der Waals surface area contributed by atoms with Gasteiger partial charge in [0.1, 0.15) is 10.5 Å². The van der Waals surface area contributed by atoms with Gasteiger partial charge in [-0.2, -0.15) is 8.42 Å². The van der Waals surface area contributed by atoms with Gasteiger partial charge in [-0.1, -0.05) is 6.07 Å². The van der Waals surface area contributed by atoms with E-state index in [2.05, 4.69) is 0 Å². The van der Waals surface area contributed by atoms with Gasteiger partial charge in [-0.05, 0) is 12.1 Å². The Morgan fingerprint density at radius 1 is 0.955 bits per heavy atom. The molecule has 0 unspecified atom stereocenters. The maximum atomic E-state index is 10.6. The summed E-state index contributed by atoms with van der Waals surface area (Å²) in [5.41, 5.74) is -0.583. The van der Waals surface area contributed by atoms with E-state index < -0.39 is 44.2 Å². The molecule has 0 bridgehead atoms. The van der Waals surface area contributed by atoms with Gasteiger partial charge >= 0.3 is 17.9 Å². The van der Waals surface area contributed by atoms with Gasteiger partial charge in [0.2, 0.25) is 0 Å². The van der Waals surface area contributed by atoms with Gasteiger partial charge in [-0.15, -0.1) is 0 Å². The quantitative estimate of drug-likeness (QED) is 0.372. The van der Waals surface area contributed by atoms with Crippen molar-refractivity contribution in [2.45, 2.75) is 4.90 Å². The molecule has 0 atom stereocenters. The van der Waals surface area contributed by atoms with Crippen LogP contribution in [0.3, 0.4) is 0 Å². The normalized spacial score (nSPS) is 10.6. The van der Waals surface area contributed by atoms with E-state index in [4.69, 9.17) is 19.9 Å². The lowest BCUT2D eigenvalue weighted by Crippen LogP contribution is -2.03. The maximum Gasteiger partial charge on any atom is 0.339 e. The minimum absolute atomic E-state index is 0.558. The molecule has 0 saturated carbocycles. The van der Waals surface area contributed by atoms with Gasteiger partial charge in [0.15, 0.2) is 5.75 Å². The molecule has 0 saturated heterocycles. The number of carbonyl (C=O) groups is 3. The predicted molar refractivity (Wildman–Crippen MR) is 69.3 cm³/mol. The van der Waals surface area contributed by atoms with Crippen molar-refractivity contribution in [2.75, 3.05) is 0 Å². The molecule has 0 heterocycles. The van der Waals surface area contributed by atoms with Crippen molar-refractivity contribution in [3.05, 3.63) is 35.9 Å². The number of carboxylic acids is 3. The Morgan fingerprint density at radius 2 is 1.41 bits per heavy atom. The lowest BCUT2D eigenvalue weighted by atomic mass is 10.2. The first-order valence-electron chi connectivity index (χ1n) is 5.13. The summed E-state index contributed by atoms with van der Waals surface area (Å²) in [4.78, 5) is 28.7. The summed E-state index contributed by atoms with van der Waals surface area (Å²) >= 11 is 0. The van der Waals surface area contributed by atoms with Crippen LogP contribution in [0.15, 0.2) is 35.2 Å². The fraction of sp³-hybridized carbons (Fsp3) is 0. The number of para-hydroxylation sites is 1. The van der Waals surface area contributed by atoms with Crippen LogP contribution in [0.4, 0.5) is 0 Å². The minimum Gasteiger partial charge on any atom is -0.506 e. The van der Waals surface area contributed by atoms with Crippen LogP contribution in [-0.4, -0.2) is 51.3 Å². The molecule has 0 fully saturated rings. The number of aromatic hydroxyl groups is 1. The number of aromatic carboxylic acids is 1. The van der Waals surface area contributed by atoms with E-state index in [0.717, 1.165) is 18.2 Å². The number of hydrogen-bond donors (Lipinski definition) is 5. The largest absolute Gasteiger partial charge is 0.506 e. The molecule has 0 aromatic heterocycles. The highest BCUT2D eigenvalue weighted by Crippen LogP contribution is 2.26. The van der Waals surface area contributed by atoms with Crippen molar-refractivity contribution in [1.82, 2.24) is 0 Å². The second kappa shape index (κ2) is 7.75. The molecule has 11 heteroatoms. The van der Waals surface area contributed by atoms with Gasteiger partial charge in [0.05, 0.1) is 0 Å². The first kappa shape index (κ1) is 19.1. The summed E-state index contributed by atoms with van der Waals surface area (Å²) < 4.78 is 29.9. The highest BCUT2D eigenvalue weighted by atomic mass is 32.2. The molecule has 0 aliphatic rings. The van der Waals surface area contributed by atoms with Crippen molar-refractivity contribution in [2.24, 2.45) is 0 Å². The first-order valence-corrected chi connectivity index (χ1v) is 6.57. The van der Waals surface area contributed by atoms with Crippen LogP contribution in [0.1, 0.15) is 10.4 Å². The Morgan fingerprint density at radius 3 is 1.73 bits per heavy atom. The van der Waals surface area contributed by atoms with Crippen LogP contribution in [0, 0.1) is 0 Å². The Labute approximate surface area is 123 Å². The lowest BCUT2D eigenvalue weighted by molar-refractivity contribution is -0.134. The van der Waals surface area contributed by atoms with E-state index in [0.29, 0.717) is 12.2 Å². The summed E-state index contributed by atoms with van der Waals surface area (Å²) in [6.45, 7) is 0. The van der Waals surface area contributed by atoms with Gasteiger partial charge < -0.3 is 20.4 Å². The molecule has 0 radical (unpaired) electrons. The van der Waals surface area contributed by atoms with Gasteiger partial charge in [-0.25, -0.2) is 14.4 Å². The predicted octanol–water partition coefficient (Wildman–Crippen LogP) is 0.0489. The standard InChI is InChI=1S/C7H6O6S.C4H4O4/c8-6-4(7(9)10)2-1-3-5(6)14(11,12)13;5-3(6)1-2-4(7)8/h1-3,8H,(H,9,10)(H,11,12,13);1-2H,(H,5,6)(H,7,8)/b;2-1-. The molecule has 5 N–H and O–H groups in total.